The second kappa shape index (κ2) is 9.99. The van der Waals surface area contributed by atoms with Gasteiger partial charge in [0.05, 0.1) is 17.1 Å². The molecule has 9 heteroatoms. The van der Waals surface area contributed by atoms with Gasteiger partial charge >= 0.3 is 0 Å². The first-order valence-electron chi connectivity index (χ1n) is 9.44. The Morgan fingerprint density at radius 1 is 1.11 bits per heavy atom. The predicted octanol–water partition coefficient (Wildman–Crippen LogP) is 0.525. The molecule has 0 saturated carbocycles. The number of sulfonamides is 1. The first-order valence-corrected chi connectivity index (χ1v) is 10.9. The fourth-order valence-electron chi connectivity index (χ4n) is 3.13. The van der Waals surface area contributed by atoms with Crippen molar-refractivity contribution in [2.45, 2.75) is 56.6 Å². The molecule has 1 aliphatic rings. The van der Waals surface area contributed by atoms with Crippen molar-refractivity contribution in [2.24, 2.45) is 0 Å². The third-order valence-electron chi connectivity index (χ3n) is 4.48. The lowest BCUT2D eigenvalue weighted by atomic mass is 10.2. The molecule has 0 unspecified atom stereocenters. The number of hydrogen-bond acceptors (Lipinski definition) is 6. The summed E-state index contributed by atoms with van der Waals surface area (Å²) in [6.07, 6.45) is 1.54. The van der Waals surface area contributed by atoms with Crippen molar-refractivity contribution in [3.05, 3.63) is 29.8 Å². The van der Waals surface area contributed by atoms with E-state index in [0.717, 1.165) is 0 Å². The first-order chi connectivity index (χ1) is 13.2. The number of carbonyl (C=O) groups is 2. The highest BCUT2D eigenvalue weighted by Crippen LogP contribution is 2.21. The van der Waals surface area contributed by atoms with Crippen LogP contribution in [0.25, 0.3) is 0 Å². The highest BCUT2D eigenvalue weighted by atomic mass is 32.2. The molecule has 2 rings (SSSR count). The molecule has 0 bridgehead atoms. The fraction of sp³-hybridized carbons (Fsp3) is 0.579. The molecule has 1 aliphatic heterocycles. The Labute approximate surface area is 165 Å². The Kier molecular flexibility index (Phi) is 7.97. The summed E-state index contributed by atoms with van der Waals surface area (Å²) in [5.41, 5.74) is 0.373. The highest BCUT2D eigenvalue weighted by molar-refractivity contribution is 7.89. The average Bonchev–Trinajstić information content (AvgIpc) is 2.63. The van der Waals surface area contributed by atoms with Crippen molar-refractivity contribution in [3.8, 4) is 0 Å². The van der Waals surface area contributed by atoms with Crippen LogP contribution in [0.2, 0.25) is 0 Å². The number of nitrogens with one attached hydrogen (secondary N) is 1. The van der Waals surface area contributed by atoms with Crippen LogP contribution in [-0.4, -0.2) is 56.4 Å². The van der Waals surface area contributed by atoms with E-state index in [1.165, 1.54) is 28.6 Å². The molecule has 0 radical (unpaired) electrons. The molecule has 1 aromatic rings. The molecular formula is C19H27N2O6S-. The van der Waals surface area contributed by atoms with E-state index in [0.29, 0.717) is 44.5 Å². The van der Waals surface area contributed by atoms with Gasteiger partial charge in [-0.3, -0.25) is 4.79 Å². The molecular weight excluding hydrogens is 384 g/mol. The number of carboxylic acid groups (broad SMARTS) is 1. The van der Waals surface area contributed by atoms with E-state index < -0.39 is 16.0 Å². The summed E-state index contributed by atoms with van der Waals surface area (Å²) in [6.45, 7) is 4.70. The Hall–Kier alpha value is -1.97. The van der Waals surface area contributed by atoms with Gasteiger partial charge in [-0.25, -0.2) is 8.42 Å². The molecule has 1 fully saturated rings. The minimum absolute atomic E-state index is 0.0184. The Morgan fingerprint density at radius 2 is 1.71 bits per heavy atom. The number of carbonyl (C=O) groups excluding carboxylic acids is 2. The van der Waals surface area contributed by atoms with Crippen LogP contribution in [-0.2, 0) is 19.6 Å². The van der Waals surface area contributed by atoms with E-state index in [2.05, 4.69) is 5.32 Å². The third-order valence-corrected chi connectivity index (χ3v) is 6.33. The van der Waals surface area contributed by atoms with Crippen molar-refractivity contribution in [2.75, 3.05) is 19.6 Å². The summed E-state index contributed by atoms with van der Waals surface area (Å²) in [7, 11) is -3.64. The van der Waals surface area contributed by atoms with Gasteiger partial charge in [0, 0.05) is 31.2 Å². The number of nitrogens with zero attached hydrogens (tertiary/aromatic N) is 1. The van der Waals surface area contributed by atoms with E-state index in [1.54, 1.807) is 0 Å². The van der Waals surface area contributed by atoms with E-state index in [9.17, 15) is 23.1 Å². The number of carboxylic acids is 1. The second-order valence-corrected chi connectivity index (χ2v) is 8.98. The summed E-state index contributed by atoms with van der Waals surface area (Å²) >= 11 is 0. The molecule has 1 heterocycles. The minimum atomic E-state index is -3.64. The van der Waals surface area contributed by atoms with Crippen molar-refractivity contribution in [1.82, 2.24) is 9.62 Å². The van der Waals surface area contributed by atoms with Crippen molar-refractivity contribution >= 4 is 21.9 Å². The van der Waals surface area contributed by atoms with Gasteiger partial charge < -0.3 is 20.0 Å². The number of hydrogen-bond donors (Lipinski definition) is 1. The van der Waals surface area contributed by atoms with Gasteiger partial charge in [-0.05, 0) is 57.4 Å². The van der Waals surface area contributed by atoms with Gasteiger partial charge in [-0.2, -0.15) is 4.31 Å². The molecule has 1 aromatic carbocycles. The van der Waals surface area contributed by atoms with Gasteiger partial charge in [-0.1, -0.05) is 6.42 Å². The van der Waals surface area contributed by atoms with Crippen LogP contribution in [0, 0.1) is 0 Å². The number of aliphatic carboxylic acids is 1. The summed E-state index contributed by atoms with van der Waals surface area (Å²) in [5.74, 6) is -1.36. The van der Waals surface area contributed by atoms with E-state index in [4.69, 9.17) is 4.74 Å². The normalized spacial score (nSPS) is 20.6. The highest BCUT2D eigenvalue weighted by Gasteiger charge is 2.32. The summed E-state index contributed by atoms with van der Waals surface area (Å²) in [6, 6.07) is 5.86. The first kappa shape index (κ1) is 22.3. The lowest BCUT2D eigenvalue weighted by Crippen LogP contribution is -2.48. The van der Waals surface area contributed by atoms with Gasteiger partial charge in [0.2, 0.25) is 10.0 Å². The smallest absolute Gasteiger partial charge is 0.251 e. The van der Waals surface area contributed by atoms with Crippen LogP contribution in [0.4, 0.5) is 0 Å². The van der Waals surface area contributed by atoms with Crippen LogP contribution < -0.4 is 10.4 Å². The number of amides is 1. The maximum atomic E-state index is 12.8. The SMILES string of the molecule is C[C@H]1CN(S(=O)(=O)c2ccc(C(=O)NCCCCCC(=O)[O-])cc2)C[C@H](C)O1. The number of benzene rings is 1. The van der Waals surface area contributed by atoms with Crippen LogP contribution in [0.15, 0.2) is 29.2 Å². The number of rotatable bonds is 9. The second-order valence-electron chi connectivity index (χ2n) is 7.04. The average molecular weight is 412 g/mol. The topological polar surface area (TPSA) is 116 Å². The van der Waals surface area contributed by atoms with Crippen LogP contribution in [0.5, 0.6) is 0 Å². The van der Waals surface area contributed by atoms with Crippen LogP contribution in [0.1, 0.15) is 49.9 Å². The molecule has 1 amide bonds. The zero-order valence-corrected chi connectivity index (χ0v) is 17.0. The van der Waals surface area contributed by atoms with E-state index >= 15 is 0 Å². The van der Waals surface area contributed by atoms with Gasteiger partial charge in [-0.15, -0.1) is 0 Å². The van der Waals surface area contributed by atoms with Gasteiger partial charge in [0.1, 0.15) is 0 Å². The fourth-order valence-corrected chi connectivity index (χ4v) is 4.72. The quantitative estimate of drug-likeness (QED) is 0.593. The molecule has 28 heavy (non-hydrogen) atoms. The summed E-state index contributed by atoms with van der Waals surface area (Å²) < 4.78 is 32.6. The zero-order chi connectivity index (χ0) is 20.7. The van der Waals surface area contributed by atoms with Crippen LogP contribution >= 0.6 is 0 Å². The maximum absolute atomic E-state index is 12.8. The predicted molar refractivity (Wildman–Crippen MR) is 101 cm³/mol. The van der Waals surface area contributed by atoms with Crippen molar-refractivity contribution < 1.29 is 27.9 Å². The monoisotopic (exact) mass is 411 g/mol. The summed E-state index contributed by atoms with van der Waals surface area (Å²) in [5, 5.41) is 13.1. The molecule has 0 aliphatic carbocycles. The molecule has 1 saturated heterocycles. The number of ether oxygens (including phenoxy) is 1. The Balaban J connectivity index is 1.89. The maximum Gasteiger partial charge on any atom is 0.251 e. The van der Waals surface area contributed by atoms with Crippen molar-refractivity contribution in [1.29, 1.82) is 0 Å². The number of morpholine rings is 1. The van der Waals surface area contributed by atoms with Crippen LogP contribution in [0.3, 0.4) is 0 Å². The lowest BCUT2D eigenvalue weighted by Gasteiger charge is -2.34. The van der Waals surface area contributed by atoms with E-state index in [1.807, 2.05) is 13.8 Å². The Morgan fingerprint density at radius 3 is 2.29 bits per heavy atom. The van der Waals surface area contributed by atoms with Gasteiger partial charge in [0.15, 0.2) is 0 Å². The van der Waals surface area contributed by atoms with Gasteiger partial charge in [0.25, 0.3) is 5.91 Å². The summed E-state index contributed by atoms with van der Waals surface area (Å²) in [4.78, 5) is 22.6. The largest absolute Gasteiger partial charge is 0.550 e. The molecule has 8 nitrogen and oxygen atoms in total. The zero-order valence-electron chi connectivity index (χ0n) is 16.2. The number of unbranched alkanes of at least 4 members (excludes halogenated alkanes) is 2. The molecule has 0 spiro atoms. The Bertz CT molecular complexity index is 768. The standard InChI is InChI=1S/C19H28N2O6S/c1-14-12-21(13-15(2)27-14)28(25,26)17-9-7-16(8-10-17)19(24)20-11-5-3-4-6-18(22)23/h7-10,14-15H,3-6,11-13H2,1-2H3,(H,20,24)(H,22,23)/p-1/t14-,15-/m0/s1. The minimum Gasteiger partial charge on any atom is -0.550 e. The molecule has 2 atom stereocenters. The molecule has 0 aromatic heterocycles. The molecule has 156 valence electrons. The lowest BCUT2D eigenvalue weighted by molar-refractivity contribution is -0.305. The third kappa shape index (κ3) is 6.29. The van der Waals surface area contributed by atoms with E-state index in [-0.39, 0.29) is 29.4 Å². The molecule has 1 N–H and O–H groups in total. The van der Waals surface area contributed by atoms with Crippen molar-refractivity contribution in [3.63, 3.8) is 0 Å².